The van der Waals surface area contributed by atoms with Crippen LogP contribution in [0.3, 0.4) is 0 Å². The summed E-state index contributed by atoms with van der Waals surface area (Å²) in [6.07, 6.45) is -3.01. The molecule has 1 unspecified atom stereocenters. The SMILES string of the molecule is COC(=O)C(C(=O)OC)C(c1cccc(C(F)(F)F)c1)c1ccc[nH]1. The maximum atomic E-state index is 13.0. The lowest BCUT2D eigenvalue weighted by molar-refractivity contribution is -0.159. The van der Waals surface area contributed by atoms with E-state index in [1.54, 1.807) is 18.3 Å². The number of H-pyrrole nitrogens is 1. The molecule has 1 heterocycles. The van der Waals surface area contributed by atoms with Crippen molar-refractivity contribution in [2.24, 2.45) is 5.92 Å². The number of aromatic nitrogens is 1. The molecule has 8 heteroatoms. The zero-order chi connectivity index (χ0) is 18.6. The lowest BCUT2D eigenvalue weighted by Crippen LogP contribution is -2.33. The molecule has 2 rings (SSSR count). The molecule has 1 aromatic carbocycles. The van der Waals surface area contributed by atoms with Crippen LogP contribution in [0.5, 0.6) is 0 Å². The molecule has 1 N–H and O–H groups in total. The van der Waals surface area contributed by atoms with Gasteiger partial charge in [0.2, 0.25) is 0 Å². The van der Waals surface area contributed by atoms with Gasteiger partial charge in [0.05, 0.1) is 19.8 Å². The lowest BCUT2D eigenvalue weighted by atomic mass is 9.82. The van der Waals surface area contributed by atoms with E-state index in [1.807, 2.05) is 0 Å². The topological polar surface area (TPSA) is 68.4 Å². The van der Waals surface area contributed by atoms with Crippen LogP contribution in [0.15, 0.2) is 42.6 Å². The number of benzene rings is 1. The number of rotatable bonds is 5. The summed E-state index contributed by atoms with van der Waals surface area (Å²) in [6.45, 7) is 0. The van der Waals surface area contributed by atoms with Gasteiger partial charge in [0.25, 0.3) is 0 Å². The molecule has 0 aliphatic heterocycles. The molecule has 0 saturated carbocycles. The Labute approximate surface area is 141 Å². The third kappa shape index (κ3) is 4.01. The fourth-order valence-electron chi connectivity index (χ4n) is 2.62. The van der Waals surface area contributed by atoms with E-state index in [-0.39, 0.29) is 5.56 Å². The molecule has 0 fully saturated rings. The van der Waals surface area contributed by atoms with Crippen LogP contribution in [-0.2, 0) is 25.2 Å². The molecule has 2 aromatic rings. The molecule has 0 saturated heterocycles. The zero-order valence-electron chi connectivity index (χ0n) is 13.5. The van der Waals surface area contributed by atoms with E-state index >= 15 is 0 Å². The standard InChI is InChI=1S/C17H16F3NO4/c1-24-15(22)14(16(23)25-2)13(12-7-4-8-21-12)10-5-3-6-11(9-10)17(18,19)20/h3-9,13-14,21H,1-2H3. The van der Waals surface area contributed by atoms with Gasteiger partial charge in [-0.1, -0.05) is 18.2 Å². The molecule has 25 heavy (non-hydrogen) atoms. The summed E-state index contributed by atoms with van der Waals surface area (Å²) in [4.78, 5) is 27.1. The minimum absolute atomic E-state index is 0.137. The first kappa shape index (κ1) is 18.6. The summed E-state index contributed by atoms with van der Waals surface area (Å²) in [6, 6.07) is 7.65. The highest BCUT2D eigenvalue weighted by Gasteiger charge is 2.40. The van der Waals surface area contributed by atoms with E-state index in [0.717, 1.165) is 26.4 Å². The largest absolute Gasteiger partial charge is 0.468 e. The van der Waals surface area contributed by atoms with Crippen LogP contribution in [0.4, 0.5) is 13.2 Å². The summed E-state index contributed by atoms with van der Waals surface area (Å²) in [5, 5.41) is 0. The van der Waals surface area contributed by atoms with Crippen molar-refractivity contribution in [1.29, 1.82) is 0 Å². The number of carbonyl (C=O) groups excluding carboxylic acids is 2. The van der Waals surface area contributed by atoms with Crippen LogP contribution >= 0.6 is 0 Å². The molecule has 0 aliphatic carbocycles. The van der Waals surface area contributed by atoms with Gasteiger partial charge in [-0.05, 0) is 23.8 Å². The minimum atomic E-state index is -4.55. The van der Waals surface area contributed by atoms with Gasteiger partial charge < -0.3 is 14.5 Å². The Morgan fingerprint density at radius 1 is 1.04 bits per heavy atom. The highest BCUT2D eigenvalue weighted by molar-refractivity contribution is 5.96. The van der Waals surface area contributed by atoms with Gasteiger partial charge in [-0.3, -0.25) is 9.59 Å². The Morgan fingerprint density at radius 3 is 2.16 bits per heavy atom. The van der Waals surface area contributed by atoms with Crippen LogP contribution in [0.25, 0.3) is 0 Å². The van der Waals surface area contributed by atoms with Crippen LogP contribution in [-0.4, -0.2) is 31.1 Å². The third-order valence-electron chi connectivity index (χ3n) is 3.77. The number of aromatic amines is 1. The molecule has 0 spiro atoms. The highest BCUT2D eigenvalue weighted by Crippen LogP contribution is 2.36. The predicted molar refractivity (Wildman–Crippen MR) is 81.6 cm³/mol. The second kappa shape index (κ2) is 7.42. The molecule has 0 amide bonds. The smallest absolute Gasteiger partial charge is 0.416 e. The van der Waals surface area contributed by atoms with Crippen molar-refractivity contribution in [3.63, 3.8) is 0 Å². The van der Waals surface area contributed by atoms with E-state index < -0.39 is 35.5 Å². The number of carbonyl (C=O) groups is 2. The second-order valence-corrected chi connectivity index (χ2v) is 5.25. The first-order valence-corrected chi connectivity index (χ1v) is 7.25. The van der Waals surface area contributed by atoms with Crippen molar-refractivity contribution in [2.75, 3.05) is 14.2 Å². The fourth-order valence-corrected chi connectivity index (χ4v) is 2.62. The summed E-state index contributed by atoms with van der Waals surface area (Å²) >= 11 is 0. The van der Waals surface area contributed by atoms with Crippen LogP contribution in [0.1, 0.15) is 22.7 Å². The number of alkyl halides is 3. The molecule has 1 atom stereocenters. The quantitative estimate of drug-likeness (QED) is 0.661. The van der Waals surface area contributed by atoms with Gasteiger partial charge in [0, 0.05) is 17.8 Å². The Bertz CT molecular complexity index is 725. The Kier molecular flexibility index (Phi) is 5.51. The van der Waals surface area contributed by atoms with E-state index in [2.05, 4.69) is 14.5 Å². The van der Waals surface area contributed by atoms with Gasteiger partial charge in [0.1, 0.15) is 0 Å². The number of nitrogens with one attached hydrogen (secondary N) is 1. The summed E-state index contributed by atoms with van der Waals surface area (Å²) < 4.78 is 48.4. The lowest BCUT2D eigenvalue weighted by Gasteiger charge is -2.24. The number of hydrogen-bond acceptors (Lipinski definition) is 4. The van der Waals surface area contributed by atoms with Crippen LogP contribution in [0, 0.1) is 5.92 Å². The maximum absolute atomic E-state index is 13.0. The predicted octanol–water partition coefficient (Wildman–Crippen LogP) is 3.13. The molecular weight excluding hydrogens is 339 g/mol. The molecule has 1 aromatic heterocycles. The first-order chi connectivity index (χ1) is 11.8. The van der Waals surface area contributed by atoms with Crippen molar-refractivity contribution in [3.05, 3.63) is 59.4 Å². The Hall–Kier alpha value is -2.77. The zero-order valence-corrected chi connectivity index (χ0v) is 13.5. The second-order valence-electron chi connectivity index (χ2n) is 5.25. The molecule has 5 nitrogen and oxygen atoms in total. The number of hydrogen-bond donors (Lipinski definition) is 1. The molecule has 0 bridgehead atoms. The highest BCUT2D eigenvalue weighted by atomic mass is 19.4. The molecule has 0 aliphatic rings. The number of methoxy groups -OCH3 is 2. The summed E-state index contributed by atoms with van der Waals surface area (Å²) in [5.74, 6) is -4.26. The van der Waals surface area contributed by atoms with E-state index in [4.69, 9.17) is 0 Å². The average molecular weight is 355 g/mol. The van der Waals surface area contributed by atoms with Crippen molar-refractivity contribution in [1.82, 2.24) is 4.98 Å². The maximum Gasteiger partial charge on any atom is 0.416 e. The monoisotopic (exact) mass is 355 g/mol. The Morgan fingerprint density at radius 2 is 1.68 bits per heavy atom. The van der Waals surface area contributed by atoms with E-state index in [0.29, 0.717) is 5.69 Å². The van der Waals surface area contributed by atoms with Crippen LogP contribution in [0.2, 0.25) is 0 Å². The Balaban J connectivity index is 2.61. The van der Waals surface area contributed by atoms with E-state index in [1.165, 1.54) is 12.1 Å². The molecule has 0 radical (unpaired) electrons. The number of ether oxygens (including phenoxy) is 2. The summed E-state index contributed by atoms with van der Waals surface area (Å²) in [7, 11) is 2.19. The van der Waals surface area contributed by atoms with Gasteiger partial charge in [0.15, 0.2) is 5.92 Å². The summed E-state index contributed by atoms with van der Waals surface area (Å²) in [5.41, 5.74) is -0.353. The first-order valence-electron chi connectivity index (χ1n) is 7.25. The molecular formula is C17H16F3NO4. The van der Waals surface area contributed by atoms with Crippen molar-refractivity contribution in [3.8, 4) is 0 Å². The van der Waals surface area contributed by atoms with E-state index in [9.17, 15) is 22.8 Å². The van der Waals surface area contributed by atoms with Crippen molar-refractivity contribution in [2.45, 2.75) is 12.1 Å². The van der Waals surface area contributed by atoms with Crippen molar-refractivity contribution >= 4 is 11.9 Å². The van der Waals surface area contributed by atoms with Gasteiger partial charge in [-0.15, -0.1) is 0 Å². The third-order valence-corrected chi connectivity index (χ3v) is 3.77. The van der Waals surface area contributed by atoms with Crippen molar-refractivity contribution < 1.29 is 32.2 Å². The van der Waals surface area contributed by atoms with Gasteiger partial charge in [-0.2, -0.15) is 13.2 Å². The van der Waals surface area contributed by atoms with Gasteiger partial charge in [-0.25, -0.2) is 0 Å². The van der Waals surface area contributed by atoms with Crippen LogP contribution < -0.4 is 0 Å². The number of halogens is 3. The normalized spacial score (nSPS) is 12.7. The number of esters is 2. The fraction of sp³-hybridized carbons (Fsp3) is 0.294. The average Bonchev–Trinajstić information content (AvgIpc) is 3.11. The minimum Gasteiger partial charge on any atom is -0.468 e. The van der Waals surface area contributed by atoms with Gasteiger partial charge >= 0.3 is 18.1 Å². The molecule has 134 valence electrons.